The average Bonchev–Trinajstić information content (AvgIpc) is 3.25. The number of nitrogens with zero attached hydrogens (tertiary/aromatic N) is 3. The van der Waals surface area contributed by atoms with Crippen LogP contribution in [0.1, 0.15) is 88.0 Å². The lowest BCUT2D eigenvalue weighted by atomic mass is 9.91. The Morgan fingerprint density at radius 2 is 1.74 bits per heavy atom. The van der Waals surface area contributed by atoms with E-state index in [1.165, 1.54) is 51.4 Å². The van der Waals surface area contributed by atoms with Gasteiger partial charge in [-0.25, -0.2) is 0 Å². The summed E-state index contributed by atoms with van der Waals surface area (Å²) in [5.41, 5.74) is 0.839. The van der Waals surface area contributed by atoms with Gasteiger partial charge in [0.1, 0.15) is 11.2 Å². The van der Waals surface area contributed by atoms with E-state index in [2.05, 4.69) is 34.0 Å². The van der Waals surface area contributed by atoms with Crippen molar-refractivity contribution >= 4 is 22.7 Å². The molecule has 2 aromatic rings. The van der Waals surface area contributed by atoms with Gasteiger partial charge in [0.25, 0.3) is 5.91 Å². The Bertz CT molecular complexity index is 1050. The summed E-state index contributed by atoms with van der Waals surface area (Å²) in [6, 6.07) is 11.0. The van der Waals surface area contributed by atoms with Gasteiger partial charge in [-0.1, -0.05) is 56.7 Å². The van der Waals surface area contributed by atoms with Gasteiger partial charge in [-0.15, -0.1) is 0 Å². The maximum atomic E-state index is 13.9. The summed E-state index contributed by atoms with van der Waals surface area (Å²) >= 11 is 0. The number of benzene rings is 1. The van der Waals surface area contributed by atoms with Gasteiger partial charge in [-0.3, -0.25) is 9.59 Å². The number of hydrogen-bond acceptors (Lipinski definition) is 3. The van der Waals surface area contributed by atoms with E-state index in [9.17, 15) is 9.59 Å². The van der Waals surface area contributed by atoms with Crippen LogP contribution in [0.5, 0.6) is 0 Å². The van der Waals surface area contributed by atoms with Crippen LogP contribution in [0.3, 0.4) is 0 Å². The fourth-order valence-corrected chi connectivity index (χ4v) is 6.63. The molecule has 2 saturated carbocycles. The number of para-hydroxylation sites is 1. The number of carbonyl (C=O) groups excluding carboxylic acids is 2. The van der Waals surface area contributed by atoms with Crippen molar-refractivity contribution in [3.05, 3.63) is 36.0 Å². The molecule has 0 spiro atoms. The Morgan fingerprint density at radius 3 is 2.49 bits per heavy atom. The van der Waals surface area contributed by atoms with Gasteiger partial charge in [0, 0.05) is 29.5 Å². The standard InChI is InChI=1S/C29H42N4O2/c1-29(28(35)30-23-13-5-3-6-14-23)21-32-25-17-10-9-12-22(25)20-26(32)27(34)33(29)19-11-18-31(2)24-15-7-4-8-16-24/h9-10,12,17,20,23-24H,3-8,11,13-16,18-19,21H2,1-2H3,(H,30,35)/t29-/m1/s1. The van der Waals surface area contributed by atoms with Gasteiger partial charge in [0.15, 0.2) is 0 Å². The van der Waals surface area contributed by atoms with Crippen molar-refractivity contribution in [2.75, 3.05) is 20.1 Å². The normalized spacial score (nSPS) is 24.2. The molecule has 35 heavy (non-hydrogen) atoms. The van der Waals surface area contributed by atoms with Crippen molar-refractivity contribution < 1.29 is 9.59 Å². The van der Waals surface area contributed by atoms with Crippen LogP contribution in [0.2, 0.25) is 0 Å². The highest BCUT2D eigenvalue weighted by Gasteiger charge is 2.47. The van der Waals surface area contributed by atoms with Crippen LogP contribution in [-0.2, 0) is 11.3 Å². The zero-order chi connectivity index (χ0) is 24.4. The number of carbonyl (C=O) groups is 2. The quantitative estimate of drug-likeness (QED) is 0.612. The summed E-state index contributed by atoms with van der Waals surface area (Å²) in [5.74, 6) is -0.0177. The molecule has 1 N–H and O–H groups in total. The van der Waals surface area contributed by atoms with Crippen molar-refractivity contribution in [1.82, 2.24) is 19.7 Å². The maximum absolute atomic E-state index is 13.9. The lowest BCUT2D eigenvalue weighted by Crippen LogP contribution is -2.65. The zero-order valence-electron chi connectivity index (χ0n) is 21.6. The molecule has 1 aromatic carbocycles. The number of nitrogens with one attached hydrogen (secondary N) is 1. The smallest absolute Gasteiger partial charge is 0.271 e. The third kappa shape index (κ3) is 4.87. The van der Waals surface area contributed by atoms with Gasteiger partial charge in [0.2, 0.25) is 5.91 Å². The summed E-state index contributed by atoms with van der Waals surface area (Å²) in [6.07, 6.45) is 13.1. The van der Waals surface area contributed by atoms with Crippen LogP contribution < -0.4 is 5.32 Å². The molecule has 2 heterocycles. The number of aromatic nitrogens is 1. The fraction of sp³-hybridized carbons (Fsp3) is 0.655. The Morgan fingerprint density at radius 1 is 1.06 bits per heavy atom. The Labute approximate surface area is 210 Å². The third-order valence-electron chi connectivity index (χ3n) is 8.86. The van der Waals surface area contributed by atoms with Crippen LogP contribution in [0.25, 0.3) is 10.9 Å². The van der Waals surface area contributed by atoms with Gasteiger partial charge in [-0.2, -0.15) is 0 Å². The van der Waals surface area contributed by atoms with E-state index in [0.29, 0.717) is 24.8 Å². The molecular formula is C29H42N4O2. The fourth-order valence-electron chi connectivity index (χ4n) is 6.63. The monoisotopic (exact) mass is 478 g/mol. The van der Waals surface area contributed by atoms with Crippen LogP contribution in [0, 0.1) is 0 Å². The van der Waals surface area contributed by atoms with E-state index in [-0.39, 0.29) is 17.9 Å². The first-order valence-corrected chi connectivity index (χ1v) is 13.9. The summed E-state index contributed by atoms with van der Waals surface area (Å²) in [6.45, 7) is 4.04. The largest absolute Gasteiger partial charge is 0.351 e. The van der Waals surface area contributed by atoms with Crippen LogP contribution in [-0.4, -0.2) is 63.9 Å². The molecule has 6 nitrogen and oxygen atoms in total. The molecule has 0 bridgehead atoms. The van der Waals surface area contributed by atoms with Crippen LogP contribution in [0.15, 0.2) is 30.3 Å². The predicted molar refractivity (Wildman–Crippen MR) is 141 cm³/mol. The molecule has 0 radical (unpaired) electrons. The molecule has 0 saturated heterocycles. The maximum Gasteiger partial charge on any atom is 0.271 e. The molecule has 2 aliphatic carbocycles. The lowest BCUT2D eigenvalue weighted by Gasteiger charge is -2.45. The Balaban J connectivity index is 1.37. The molecule has 2 amide bonds. The van der Waals surface area contributed by atoms with Gasteiger partial charge < -0.3 is 19.7 Å². The summed E-state index contributed by atoms with van der Waals surface area (Å²) < 4.78 is 2.07. The second-order valence-electron chi connectivity index (χ2n) is 11.3. The van der Waals surface area contributed by atoms with E-state index >= 15 is 0 Å². The summed E-state index contributed by atoms with van der Waals surface area (Å²) in [4.78, 5) is 32.1. The molecule has 1 aromatic heterocycles. The van der Waals surface area contributed by atoms with Crippen molar-refractivity contribution in [1.29, 1.82) is 0 Å². The number of hydrogen-bond donors (Lipinski definition) is 1. The predicted octanol–water partition coefficient (Wildman–Crippen LogP) is 4.96. The molecule has 5 rings (SSSR count). The Hall–Kier alpha value is -2.34. The highest BCUT2D eigenvalue weighted by Crippen LogP contribution is 2.33. The van der Waals surface area contributed by atoms with Crippen molar-refractivity contribution in [2.24, 2.45) is 0 Å². The van der Waals surface area contributed by atoms with Gasteiger partial charge in [0.05, 0.1) is 6.54 Å². The van der Waals surface area contributed by atoms with Crippen LogP contribution in [0.4, 0.5) is 0 Å². The van der Waals surface area contributed by atoms with E-state index in [1.807, 2.05) is 30.0 Å². The molecule has 3 aliphatic rings. The number of fused-ring (bicyclic) bond motifs is 3. The van der Waals surface area contributed by atoms with E-state index in [4.69, 9.17) is 0 Å². The molecule has 1 aliphatic heterocycles. The van der Waals surface area contributed by atoms with E-state index in [1.54, 1.807) is 0 Å². The molecule has 1 atom stereocenters. The summed E-state index contributed by atoms with van der Waals surface area (Å²) in [5, 5.41) is 4.40. The first-order valence-electron chi connectivity index (χ1n) is 13.9. The highest BCUT2D eigenvalue weighted by molar-refractivity contribution is 6.03. The second kappa shape index (κ2) is 10.3. The minimum Gasteiger partial charge on any atom is -0.351 e. The second-order valence-corrected chi connectivity index (χ2v) is 11.3. The highest BCUT2D eigenvalue weighted by atomic mass is 16.2. The van der Waals surface area contributed by atoms with E-state index < -0.39 is 5.54 Å². The SMILES string of the molecule is CN(CCCN1C(=O)c2cc3ccccc3n2C[C@]1(C)C(=O)NC1CCCCC1)C1CCCCC1. The molecule has 2 fully saturated rings. The Kier molecular flexibility index (Phi) is 7.19. The molecule has 190 valence electrons. The minimum atomic E-state index is -0.896. The molecule has 0 unspecified atom stereocenters. The first-order chi connectivity index (χ1) is 17.0. The van der Waals surface area contributed by atoms with Gasteiger partial charge in [-0.05, 0) is 64.8 Å². The minimum absolute atomic E-state index is 0.00168. The van der Waals surface area contributed by atoms with Gasteiger partial charge >= 0.3 is 0 Å². The van der Waals surface area contributed by atoms with Crippen molar-refractivity contribution in [2.45, 2.75) is 102 Å². The summed E-state index contributed by atoms with van der Waals surface area (Å²) in [7, 11) is 2.22. The van der Waals surface area contributed by atoms with Crippen molar-refractivity contribution in [3.8, 4) is 0 Å². The lowest BCUT2D eigenvalue weighted by molar-refractivity contribution is -0.133. The number of amides is 2. The third-order valence-corrected chi connectivity index (χ3v) is 8.86. The first kappa shape index (κ1) is 24.4. The zero-order valence-corrected chi connectivity index (χ0v) is 21.6. The van der Waals surface area contributed by atoms with E-state index in [0.717, 1.165) is 36.7 Å². The number of rotatable bonds is 7. The topological polar surface area (TPSA) is 57.6 Å². The molecule has 6 heteroatoms. The van der Waals surface area contributed by atoms with Crippen molar-refractivity contribution in [3.63, 3.8) is 0 Å². The van der Waals surface area contributed by atoms with Crippen LogP contribution >= 0.6 is 0 Å². The average molecular weight is 479 g/mol. The molecular weight excluding hydrogens is 436 g/mol.